The van der Waals surface area contributed by atoms with E-state index in [0.717, 1.165) is 0 Å². The summed E-state index contributed by atoms with van der Waals surface area (Å²) in [7, 11) is 0. The number of nitrogens with one attached hydrogen (secondary N) is 1. The SMILES string of the molecule is N#C/C(C(=N)I)=C(/O)c1ccc(Cl)cc1. The Hall–Kier alpha value is -1.06. The molecule has 0 saturated carbocycles. The van der Waals surface area contributed by atoms with Gasteiger partial charge in [-0.05, 0) is 46.9 Å². The van der Waals surface area contributed by atoms with Crippen LogP contribution in [0.4, 0.5) is 0 Å². The lowest BCUT2D eigenvalue weighted by molar-refractivity contribution is 0.510. The Bertz CT molecular complexity index is 459. The molecule has 5 heteroatoms. The highest BCUT2D eigenvalue weighted by Crippen LogP contribution is 2.20. The van der Waals surface area contributed by atoms with Crippen molar-refractivity contribution in [3.63, 3.8) is 0 Å². The summed E-state index contributed by atoms with van der Waals surface area (Å²) in [6.45, 7) is 0. The van der Waals surface area contributed by atoms with E-state index in [1.807, 2.05) is 0 Å². The van der Waals surface area contributed by atoms with Crippen molar-refractivity contribution in [2.75, 3.05) is 0 Å². The van der Waals surface area contributed by atoms with Gasteiger partial charge in [0.05, 0.1) is 0 Å². The lowest BCUT2D eigenvalue weighted by Gasteiger charge is -2.02. The van der Waals surface area contributed by atoms with E-state index in [1.54, 1.807) is 52.9 Å². The number of nitrogens with zero attached hydrogens (tertiary/aromatic N) is 1. The van der Waals surface area contributed by atoms with Crippen LogP contribution in [0.25, 0.3) is 5.76 Å². The first-order valence-corrected chi connectivity index (χ1v) is 5.35. The highest BCUT2D eigenvalue weighted by atomic mass is 127. The zero-order chi connectivity index (χ0) is 11.4. The van der Waals surface area contributed by atoms with Gasteiger partial charge in [-0.15, -0.1) is 0 Å². The van der Waals surface area contributed by atoms with E-state index >= 15 is 0 Å². The molecule has 0 spiro atoms. The first kappa shape index (κ1) is 12.0. The number of hydrogen-bond acceptors (Lipinski definition) is 3. The highest BCUT2D eigenvalue weighted by molar-refractivity contribution is 14.1. The van der Waals surface area contributed by atoms with Crippen LogP contribution in [0.1, 0.15) is 5.56 Å². The van der Waals surface area contributed by atoms with Crippen molar-refractivity contribution in [1.82, 2.24) is 0 Å². The molecule has 3 nitrogen and oxygen atoms in total. The van der Waals surface area contributed by atoms with Crippen molar-refractivity contribution >= 4 is 43.7 Å². The molecule has 1 aromatic carbocycles. The molecule has 0 aliphatic heterocycles. The quantitative estimate of drug-likeness (QED) is 0.376. The second-order valence-electron chi connectivity index (χ2n) is 2.66. The molecule has 15 heavy (non-hydrogen) atoms. The van der Waals surface area contributed by atoms with Crippen LogP contribution in [0.5, 0.6) is 0 Å². The summed E-state index contributed by atoms with van der Waals surface area (Å²) in [6, 6.07) is 8.18. The molecule has 0 unspecified atom stereocenters. The largest absolute Gasteiger partial charge is 0.506 e. The predicted octanol–water partition coefficient (Wildman–Crippen LogP) is 3.54. The van der Waals surface area contributed by atoms with Crippen LogP contribution >= 0.6 is 34.2 Å². The van der Waals surface area contributed by atoms with Crippen LogP contribution < -0.4 is 0 Å². The summed E-state index contributed by atoms with van der Waals surface area (Å²) in [5.41, 5.74) is 0.426. The van der Waals surface area contributed by atoms with Gasteiger partial charge >= 0.3 is 0 Å². The van der Waals surface area contributed by atoms with E-state index in [2.05, 4.69) is 0 Å². The Kier molecular flexibility index (Phi) is 4.12. The minimum atomic E-state index is -0.200. The lowest BCUT2D eigenvalue weighted by atomic mass is 10.1. The average molecular weight is 333 g/mol. The lowest BCUT2D eigenvalue weighted by Crippen LogP contribution is -1.95. The van der Waals surface area contributed by atoms with Gasteiger partial charge in [0.15, 0.2) is 0 Å². The third-order valence-corrected chi connectivity index (χ3v) is 2.48. The van der Waals surface area contributed by atoms with E-state index in [-0.39, 0.29) is 15.1 Å². The molecule has 0 heterocycles. The Morgan fingerprint density at radius 1 is 1.40 bits per heavy atom. The normalized spacial score (nSPS) is 11.5. The smallest absolute Gasteiger partial charge is 0.143 e. The van der Waals surface area contributed by atoms with Crippen LogP contribution in [0.15, 0.2) is 29.8 Å². The average Bonchev–Trinajstić information content (AvgIpc) is 2.19. The fourth-order valence-corrected chi connectivity index (χ4v) is 1.46. The first-order valence-electron chi connectivity index (χ1n) is 3.90. The number of halogens is 2. The van der Waals surface area contributed by atoms with Crippen molar-refractivity contribution in [2.45, 2.75) is 0 Å². The minimum Gasteiger partial charge on any atom is -0.506 e. The minimum absolute atomic E-state index is 0.00236. The third-order valence-electron chi connectivity index (χ3n) is 1.69. The number of rotatable bonds is 2. The van der Waals surface area contributed by atoms with Gasteiger partial charge in [-0.25, -0.2) is 0 Å². The highest BCUT2D eigenvalue weighted by Gasteiger charge is 2.10. The number of hydrogen-bond donors (Lipinski definition) is 2. The van der Waals surface area contributed by atoms with Gasteiger partial charge < -0.3 is 5.11 Å². The van der Waals surface area contributed by atoms with E-state index in [1.165, 1.54) is 0 Å². The second-order valence-corrected chi connectivity index (χ2v) is 4.17. The standard InChI is InChI=1S/C10H6ClIN2O/c11-7-3-1-6(2-4-7)9(15)8(5-13)10(12)14/h1-4,14-15H/b9-8-,14-10?. The number of nitriles is 1. The number of allylic oxidation sites excluding steroid dienone is 1. The summed E-state index contributed by atoms with van der Waals surface area (Å²) in [5.74, 6) is -0.200. The summed E-state index contributed by atoms with van der Waals surface area (Å²) in [5, 5.41) is 26.3. The molecular formula is C10H6ClIN2O. The summed E-state index contributed by atoms with van der Waals surface area (Å²) < 4.78 is 0.00236. The molecular weight excluding hydrogens is 326 g/mol. The van der Waals surface area contributed by atoms with Gasteiger partial charge in [0.1, 0.15) is 21.1 Å². The molecule has 0 amide bonds. The van der Waals surface area contributed by atoms with Gasteiger partial charge in [0.2, 0.25) is 0 Å². The van der Waals surface area contributed by atoms with E-state index in [0.29, 0.717) is 10.6 Å². The van der Waals surface area contributed by atoms with E-state index in [9.17, 15) is 5.11 Å². The van der Waals surface area contributed by atoms with Gasteiger partial charge in [-0.2, -0.15) is 5.26 Å². The molecule has 76 valence electrons. The Balaban J connectivity index is 3.24. The maximum absolute atomic E-state index is 9.71. The summed E-state index contributed by atoms with van der Waals surface area (Å²) in [4.78, 5) is 0. The molecule has 0 aliphatic carbocycles. The van der Waals surface area contributed by atoms with Crippen LogP contribution in [-0.2, 0) is 0 Å². The molecule has 0 bridgehead atoms. The van der Waals surface area contributed by atoms with Crippen molar-refractivity contribution in [3.05, 3.63) is 40.4 Å². The van der Waals surface area contributed by atoms with Crippen LogP contribution in [0.3, 0.4) is 0 Å². The topological polar surface area (TPSA) is 67.9 Å². The zero-order valence-corrected chi connectivity index (χ0v) is 10.4. The Labute approximate surface area is 106 Å². The summed E-state index contributed by atoms with van der Waals surface area (Å²) in [6.07, 6.45) is 0. The third kappa shape index (κ3) is 2.94. The number of aliphatic hydroxyl groups excluding tert-OH is 1. The molecule has 0 aromatic heterocycles. The zero-order valence-electron chi connectivity index (χ0n) is 7.46. The fraction of sp³-hybridized carbons (Fsp3) is 0. The predicted molar refractivity (Wildman–Crippen MR) is 68.4 cm³/mol. The Morgan fingerprint density at radius 3 is 2.33 bits per heavy atom. The monoisotopic (exact) mass is 332 g/mol. The van der Waals surface area contributed by atoms with Crippen LogP contribution in [-0.4, -0.2) is 8.82 Å². The van der Waals surface area contributed by atoms with Gasteiger partial charge in [-0.3, -0.25) is 5.41 Å². The van der Waals surface area contributed by atoms with Crippen molar-refractivity contribution in [3.8, 4) is 6.07 Å². The molecule has 1 rings (SSSR count). The van der Waals surface area contributed by atoms with Crippen LogP contribution in [0.2, 0.25) is 5.02 Å². The maximum Gasteiger partial charge on any atom is 0.143 e. The molecule has 0 radical (unpaired) electrons. The molecule has 0 saturated heterocycles. The van der Waals surface area contributed by atoms with Gasteiger partial charge in [0, 0.05) is 10.6 Å². The Morgan fingerprint density at radius 2 is 1.93 bits per heavy atom. The van der Waals surface area contributed by atoms with Gasteiger partial charge in [0.25, 0.3) is 0 Å². The van der Waals surface area contributed by atoms with Crippen molar-refractivity contribution in [2.24, 2.45) is 0 Å². The van der Waals surface area contributed by atoms with Gasteiger partial charge in [-0.1, -0.05) is 11.6 Å². The molecule has 2 N–H and O–H groups in total. The molecule has 1 aromatic rings. The fourth-order valence-electron chi connectivity index (χ4n) is 0.958. The van der Waals surface area contributed by atoms with Crippen molar-refractivity contribution in [1.29, 1.82) is 10.7 Å². The van der Waals surface area contributed by atoms with E-state index in [4.69, 9.17) is 22.3 Å². The molecule has 0 aliphatic rings. The van der Waals surface area contributed by atoms with Crippen LogP contribution in [0, 0.1) is 16.7 Å². The first-order chi connectivity index (χ1) is 7.06. The second kappa shape index (κ2) is 5.14. The van der Waals surface area contributed by atoms with E-state index < -0.39 is 0 Å². The maximum atomic E-state index is 9.71. The number of aliphatic hydroxyl groups is 1. The van der Waals surface area contributed by atoms with Crippen molar-refractivity contribution < 1.29 is 5.11 Å². The summed E-state index contributed by atoms with van der Waals surface area (Å²) >= 11 is 7.36. The number of benzene rings is 1. The molecule has 0 fully saturated rings. The molecule has 0 atom stereocenters.